The fraction of sp³-hybridized carbons (Fsp3) is 0.267. The maximum atomic E-state index is 13.5. The Bertz CT molecular complexity index is 1870. The van der Waals surface area contributed by atoms with Crippen molar-refractivity contribution in [1.29, 1.82) is 5.41 Å². The number of carbonyl (C=O) groups excluding carboxylic acids is 4. The second kappa shape index (κ2) is 15.6. The number of nitrogen functional groups attached to an aromatic ring is 1. The molecule has 0 aliphatic rings. The summed E-state index contributed by atoms with van der Waals surface area (Å²) in [6.07, 6.45) is -5.53. The molecule has 1 atom stereocenters. The molecule has 1 heterocycles. The van der Waals surface area contributed by atoms with Crippen molar-refractivity contribution in [3.05, 3.63) is 77.0 Å². The van der Waals surface area contributed by atoms with Crippen molar-refractivity contribution in [3.63, 3.8) is 0 Å². The van der Waals surface area contributed by atoms with Crippen LogP contribution in [-0.2, 0) is 23.8 Å². The van der Waals surface area contributed by atoms with E-state index in [0.29, 0.717) is 5.56 Å². The number of amidine groups is 1. The van der Waals surface area contributed by atoms with Crippen LogP contribution in [0.1, 0.15) is 50.6 Å². The quantitative estimate of drug-likeness (QED) is 0.0745. The number of benzene rings is 2. The van der Waals surface area contributed by atoms with Gasteiger partial charge in [0.2, 0.25) is 11.8 Å². The summed E-state index contributed by atoms with van der Waals surface area (Å²) in [6.45, 7) is 3.67. The fourth-order valence-electron chi connectivity index (χ4n) is 3.90. The lowest BCUT2D eigenvalue weighted by molar-refractivity contribution is -0.197. The molecule has 0 aliphatic carbocycles. The van der Waals surface area contributed by atoms with Crippen LogP contribution in [0.2, 0.25) is 0 Å². The Balaban J connectivity index is 2.09. The van der Waals surface area contributed by atoms with Crippen molar-refractivity contribution < 1.29 is 54.4 Å². The Morgan fingerprint density at radius 3 is 2.14 bits per heavy atom. The highest BCUT2D eigenvalue weighted by atomic mass is 32.2. The topological polar surface area (TPSA) is 243 Å². The SMILES string of the molecule is COc1ccc(-c2ccc(C(=O)NCC(N)C(C)C)cc2C(=O)OS(=O)(=O)COC(=O)C(F)(F)F)c(C(=O)Nc2ccc(C(=N)N)cc2)n1. The second-order valence-electron chi connectivity index (χ2n) is 10.5. The molecule has 262 valence electrons. The summed E-state index contributed by atoms with van der Waals surface area (Å²) in [6, 6.07) is 11.4. The van der Waals surface area contributed by atoms with E-state index in [4.69, 9.17) is 21.6 Å². The molecule has 3 aromatic rings. The van der Waals surface area contributed by atoms with Crippen LogP contribution in [0, 0.1) is 11.3 Å². The number of nitrogens with zero attached hydrogens (tertiary/aromatic N) is 1. The predicted octanol–water partition coefficient (Wildman–Crippen LogP) is 2.56. The van der Waals surface area contributed by atoms with E-state index in [2.05, 4.69) is 24.5 Å². The van der Waals surface area contributed by atoms with Gasteiger partial charge in [0.1, 0.15) is 11.5 Å². The van der Waals surface area contributed by atoms with Crippen molar-refractivity contribution >= 4 is 45.4 Å². The molecule has 1 unspecified atom stereocenters. The van der Waals surface area contributed by atoms with E-state index in [0.717, 1.165) is 6.07 Å². The summed E-state index contributed by atoms with van der Waals surface area (Å²) < 4.78 is 75.7. The number of anilines is 1. The van der Waals surface area contributed by atoms with Gasteiger partial charge in [-0.25, -0.2) is 14.6 Å². The van der Waals surface area contributed by atoms with Gasteiger partial charge in [-0.2, -0.15) is 21.6 Å². The number of nitrogens with one attached hydrogen (secondary N) is 3. The maximum absolute atomic E-state index is 13.5. The minimum atomic E-state index is -5.53. The van der Waals surface area contributed by atoms with Crippen molar-refractivity contribution in [1.82, 2.24) is 10.3 Å². The summed E-state index contributed by atoms with van der Waals surface area (Å²) in [5.41, 5.74) is 10.6. The van der Waals surface area contributed by atoms with Crippen LogP contribution in [0.15, 0.2) is 54.6 Å². The molecule has 2 amide bonds. The van der Waals surface area contributed by atoms with Gasteiger partial charge in [-0.15, -0.1) is 0 Å². The molecule has 2 aromatic carbocycles. The van der Waals surface area contributed by atoms with Crippen LogP contribution in [0.4, 0.5) is 18.9 Å². The Morgan fingerprint density at radius 1 is 0.959 bits per heavy atom. The number of hydrogen-bond donors (Lipinski definition) is 5. The summed E-state index contributed by atoms with van der Waals surface area (Å²) >= 11 is 0. The van der Waals surface area contributed by atoms with Crippen molar-refractivity contribution in [2.24, 2.45) is 17.4 Å². The highest BCUT2D eigenvalue weighted by Crippen LogP contribution is 2.31. The molecule has 0 aliphatic heterocycles. The number of ether oxygens (including phenoxy) is 2. The van der Waals surface area contributed by atoms with Gasteiger partial charge in [-0.3, -0.25) is 15.0 Å². The molecular formula is C30H31F3N6O9S. The zero-order chi connectivity index (χ0) is 36.7. The zero-order valence-electron chi connectivity index (χ0n) is 26.1. The third kappa shape index (κ3) is 10.2. The smallest absolute Gasteiger partial charge is 0.481 e. The second-order valence-corrected chi connectivity index (χ2v) is 12.1. The van der Waals surface area contributed by atoms with Crippen LogP contribution in [-0.4, -0.2) is 74.8 Å². The number of esters is 1. The van der Waals surface area contributed by atoms with Crippen LogP contribution in [0.5, 0.6) is 5.88 Å². The Hall–Kier alpha value is -5.56. The number of rotatable bonds is 13. The average molecular weight is 709 g/mol. The van der Waals surface area contributed by atoms with Crippen LogP contribution >= 0.6 is 0 Å². The highest BCUT2D eigenvalue weighted by molar-refractivity contribution is 7.87. The number of methoxy groups -OCH3 is 1. The largest absolute Gasteiger partial charge is 0.490 e. The van der Waals surface area contributed by atoms with E-state index in [9.17, 15) is 40.8 Å². The molecule has 0 radical (unpaired) electrons. The molecule has 0 saturated carbocycles. The molecule has 49 heavy (non-hydrogen) atoms. The molecule has 0 spiro atoms. The van der Waals surface area contributed by atoms with Crippen LogP contribution in [0.25, 0.3) is 11.1 Å². The first-order chi connectivity index (χ1) is 22.8. The number of alkyl halides is 3. The maximum Gasteiger partial charge on any atom is 0.490 e. The first-order valence-electron chi connectivity index (χ1n) is 14.0. The lowest BCUT2D eigenvalue weighted by Gasteiger charge is -2.17. The van der Waals surface area contributed by atoms with E-state index in [1.807, 2.05) is 13.8 Å². The van der Waals surface area contributed by atoms with E-state index in [-0.39, 0.29) is 52.2 Å². The number of carbonyl (C=O) groups is 4. The molecule has 0 bridgehead atoms. The molecule has 7 N–H and O–H groups in total. The van der Waals surface area contributed by atoms with Crippen LogP contribution in [0.3, 0.4) is 0 Å². The van der Waals surface area contributed by atoms with Crippen LogP contribution < -0.4 is 26.8 Å². The van der Waals surface area contributed by atoms with Crippen molar-refractivity contribution in [3.8, 4) is 17.0 Å². The van der Waals surface area contributed by atoms with Gasteiger partial charge in [-0.05, 0) is 53.9 Å². The monoisotopic (exact) mass is 708 g/mol. The third-order valence-corrected chi connectivity index (χ3v) is 7.47. The predicted molar refractivity (Wildman–Crippen MR) is 168 cm³/mol. The lowest BCUT2D eigenvalue weighted by atomic mass is 9.95. The van der Waals surface area contributed by atoms with E-state index in [1.165, 1.54) is 55.6 Å². The zero-order valence-corrected chi connectivity index (χ0v) is 26.9. The van der Waals surface area contributed by atoms with E-state index in [1.54, 1.807) is 0 Å². The summed E-state index contributed by atoms with van der Waals surface area (Å²) in [5.74, 6) is -8.37. The minimum Gasteiger partial charge on any atom is -0.481 e. The van der Waals surface area contributed by atoms with Gasteiger partial charge in [0.05, 0.1) is 12.7 Å². The highest BCUT2D eigenvalue weighted by Gasteiger charge is 2.42. The van der Waals surface area contributed by atoms with Gasteiger partial charge in [-0.1, -0.05) is 19.9 Å². The summed E-state index contributed by atoms with van der Waals surface area (Å²) in [4.78, 5) is 55.0. The molecular weight excluding hydrogens is 677 g/mol. The minimum absolute atomic E-state index is 0.0101. The van der Waals surface area contributed by atoms with Crippen molar-refractivity contribution in [2.75, 3.05) is 24.9 Å². The van der Waals surface area contributed by atoms with Gasteiger partial charge >= 0.3 is 28.2 Å². The van der Waals surface area contributed by atoms with Crippen molar-refractivity contribution in [2.45, 2.75) is 26.1 Å². The average Bonchev–Trinajstić information content (AvgIpc) is 3.04. The van der Waals surface area contributed by atoms with Gasteiger partial charge < -0.3 is 35.8 Å². The molecule has 3 rings (SSSR count). The number of halogens is 3. The van der Waals surface area contributed by atoms with E-state index < -0.39 is 57.6 Å². The van der Waals surface area contributed by atoms with Gasteiger partial charge in [0, 0.05) is 41.0 Å². The normalized spacial score (nSPS) is 12.1. The number of pyridine rings is 1. The first kappa shape index (κ1) is 37.9. The van der Waals surface area contributed by atoms with Gasteiger partial charge in [0.15, 0.2) is 0 Å². The molecule has 19 heteroatoms. The Kier molecular flexibility index (Phi) is 12.0. The Morgan fingerprint density at radius 2 is 1.57 bits per heavy atom. The van der Waals surface area contributed by atoms with Gasteiger partial charge in [0.25, 0.3) is 11.8 Å². The Labute approximate surface area is 277 Å². The fourth-order valence-corrected chi connectivity index (χ4v) is 4.52. The van der Waals surface area contributed by atoms with E-state index >= 15 is 0 Å². The standard InChI is InChI=1S/C30H31F3N6O9S/c1-15(2)22(34)13-37-26(40)17-6-9-19(21(12-17)28(42)48-49(44,45)14-47-29(43)30(31,32)33)20-10-11-23(46-3)39-24(20)27(41)38-18-7-4-16(5-8-18)25(35)36/h4-12,15,22H,13-14,34H2,1-3H3,(H3,35,36)(H,37,40)(H,38,41). The number of aromatic nitrogens is 1. The first-order valence-corrected chi connectivity index (χ1v) is 15.6. The number of nitrogens with two attached hydrogens (primary N) is 2. The molecule has 15 nitrogen and oxygen atoms in total. The number of hydrogen-bond acceptors (Lipinski definition) is 12. The molecule has 0 fully saturated rings. The third-order valence-electron chi connectivity index (χ3n) is 6.66. The molecule has 0 saturated heterocycles. The molecule has 1 aromatic heterocycles. The number of amides is 2. The summed E-state index contributed by atoms with van der Waals surface area (Å²) in [5, 5.41) is 12.7. The lowest BCUT2D eigenvalue weighted by Crippen LogP contribution is -2.40. The summed E-state index contributed by atoms with van der Waals surface area (Å²) in [7, 11) is -4.02.